The lowest BCUT2D eigenvalue weighted by Gasteiger charge is -2.32. The molecule has 1 atom stereocenters. The highest BCUT2D eigenvalue weighted by Crippen LogP contribution is 2.29. The molecule has 0 spiro atoms. The van der Waals surface area contributed by atoms with Crippen molar-refractivity contribution in [1.29, 1.82) is 0 Å². The maximum Gasteiger partial charge on any atom is 0.144 e. The van der Waals surface area contributed by atoms with Crippen molar-refractivity contribution in [2.45, 2.75) is 26.2 Å². The summed E-state index contributed by atoms with van der Waals surface area (Å²) in [6.45, 7) is 3.74. The predicted molar refractivity (Wildman–Crippen MR) is 73.0 cm³/mol. The van der Waals surface area contributed by atoms with Crippen LogP contribution < -0.4 is 5.32 Å². The van der Waals surface area contributed by atoms with E-state index >= 15 is 0 Å². The Morgan fingerprint density at radius 2 is 2.33 bits per heavy atom. The number of carbonyl (C=O) groups excluding carboxylic acids is 1. The minimum Gasteiger partial charge on any atom is -0.316 e. The van der Waals surface area contributed by atoms with Gasteiger partial charge in [-0.1, -0.05) is 28.9 Å². The highest BCUT2D eigenvalue weighted by atomic mass is 79.9. The zero-order chi connectivity index (χ0) is 13.2. The van der Waals surface area contributed by atoms with Crippen molar-refractivity contribution in [3.05, 3.63) is 34.1 Å². The average Bonchev–Trinajstić information content (AvgIpc) is 2.33. The van der Waals surface area contributed by atoms with E-state index in [0.29, 0.717) is 10.9 Å². The molecule has 0 bridgehead atoms. The molecular weight excluding hydrogens is 297 g/mol. The standard InChI is InChI=1S/C14H17BrFNO/c1-14(5-2-6-17-9-14)13(18)7-10-3-4-11(16)8-12(10)15/h3-4,8,17H,2,5-7,9H2,1H3. The summed E-state index contributed by atoms with van der Waals surface area (Å²) in [6.07, 6.45) is 2.32. The normalized spacial score (nSPS) is 23.9. The molecule has 2 nitrogen and oxygen atoms in total. The SMILES string of the molecule is CC1(C(=O)Cc2ccc(F)cc2Br)CCCNC1. The molecule has 98 valence electrons. The quantitative estimate of drug-likeness (QED) is 0.929. The van der Waals surface area contributed by atoms with Crippen LogP contribution in [-0.4, -0.2) is 18.9 Å². The number of piperidine rings is 1. The Balaban J connectivity index is 2.11. The first-order valence-electron chi connectivity index (χ1n) is 6.19. The van der Waals surface area contributed by atoms with Gasteiger partial charge in [0.2, 0.25) is 0 Å². The molecule has 1 N–H and O–H groups in total. The zero-order valence-corrected chi connectivity index (χ0v) is 12.0. The van der Waals surface area contributed by atoms with Crippen LogP contribution in [0.1, 0.15) is 25.3 Å². The molecule has 1 aromatic carbocycles. The average molecular weight is 314 g/mol. The van der Waals surface area contributed by atoms with Crippen LogP contribution in [0, 0.1) is 11.2 Å². The van der Waals surface area contributed by atoms with Crippen molar-refractivity contribution in [2.24, 2.45) is 5.41 Å². The van der Waals surface area contributed by atoms with Crippen LogP contribution in [0.4, 0.5) is 4.39 Å². The Hall–Kier alpha value is -0.740. The Kier molecular flexibility index (Phi) is 4.17. The molecule has 0 aliphatic carbocycles. The molecule has 1 aromatic rings. The highest BCUT2D eigenvalue weighted by molar-refractivity contribution is 9.10. The van der Waals surface area contributed by atoms with Gasteiger partial charge in [0.25, 0.3) is 0 Å². The van der Waals surface area contributed by atoms with E-state index in [-0.39, 0.29) is 17.0 Å². The smallest absolute Gasteiger partial charge is 0.144 e. The highest BCUT2D eigenvalue weighted by Gasteiger charge is 2.34. The second kappa shape index (κ2) is 5.49. The fraction of sp³-hybridized carbons (Fsp3) is 0.500. The van der Waals surface area contributed by atoms with E-state index in [1.54, 1.807) is 6.07 Å². The van der Waals surface area contributed by atoms with E-state index in [1.807, 2.05) is 6.92 Å². The fourth-order valence-electron chi connectivity index (χ4n) is 2.35. The molecule has 0 amide bonds. The lowest BCUT2D eigenvalue weighted by Crippen LogP contribution is -2.44. The summed E-state index contributed by atoms with van der Waals surface area (Å²) < 4.78 is 13.7. The summed E-state index contributed by atoms with van der Waals surface area (Å²) in [5.41, 5.74) is 0.569. The Bertz CT molecular complexity index is 455. The van der Waals surface area contributed by atoms with E-state index in [9.17, 15) is 9.18 Å². The van der Waals surface area contributed by atoms with E-state index in [1.165, 1.54) is 12.1 Å². The minimum absolute atomic E-state index is 0.224. The molecule has 0 aromatic heterocycles. The van der Waals surface area contributed by atoms with E-state index < -0.39 is 0 Å². The molecule has 1 heterocycles. The van der Waals surface area contributed by atoms with Crippen LogP contribution in [0.3, 0.4) is 0 Å². The van der Waals surface area contributed by atoms with E-state index in [4.69, 9.17) is 0 Å². The van der Waals surface area contributed by atoms with Crippen LogP contribution in [0.25, 0.3) is 0 Å². The fourth-order valence-corrected chi connectivity index (χ4v) is 2.84. The summed E-state index contributed by atoms with van der Waals surface area (Å²) >= 11 is 3.31. The molecular formula is C14H17BrFNO. The maximum atomic E-state index is 13.0. The number of rotatable bonds is 3. The number of hydrogen-bond donors (Lipinski definition) is 1. The first-order valence-corrected chi connectivity index (χ1v) is 6.98. The number of nitrogens with one attached hydrogen (secondary N) is 1. The Morgan fingerprint density at radius 3 is 2.94 bits per heavy atom. The summed E-state index contributed by atoms with van der Waals surface area (Å²) in [4.78, 5) is 12.4. The third kappa shape index (κ3) is 2.98. The first kappa shape index (κ1) is 13.7. The van der Waals surface area contributed by atoms with Crippen LogP contribution in [0.15, 0.2) is 22.7 Å². The van der Waals surface area contributed by atoms with Gasteiger partial charge in [0.1, 0.15) is 11.6 Å². The van der Waals surface area contributed by atoms with Crippen molar-refractivity contribution >= 4 is 21.7 Å². The van der Waals surface area contributed by atoms with Crippen LogP contribution in [0.5, 0.6) is 0 Å². The molecule has 1 fully saturated rings. The van der Waals surface area contributed by atoms with Crippen molar-refractivity contribution in [3.8, 4) is 0 Å². The topological polar surface area (TPSA) is 29.1 Å². The molecule has 1 aliphatic heterocycles. The van der Waals surface area contributed by atoms with Gasteiger partial charge in [-0.25, -0.2) is 4.39 Å². The Labute approximate surface area is 115 Å². The number of Topliss-reactive ketones (excluding diaryl/α,β-unsaturated/α-hetero) is 1. The third-order valence-electron chi connectivity index (χ3n) is 3.64. The molecule has 1 aliphatic rings. The van der Waals surface area contributed by atoms with Crippen molar-refractivity contribution in [3.63, 3.8) is 0 Å². The molecule has 4 heteroatoms. The molecule has 1 unspecified atom stereocenters. The van der Waals surface area contributed by atoms with Crippen molar-refractivity contribution in [1.82, 2.24) is 5.32 Å². The van der Waals surface area contributed by atoms with E-state index in [2.05, 4.69) is 21.2 Å². The lowest BCUT2D eigenvalue weighted by molar-refractivity contribution is -0.128. The molecule has 2 rings (SSSR count). The number of ketones is 1. The first-order chi connectivity index (χ1) is 8.51. The third-order valence-corrected chi connectivity index (χ3v) is 4.37. The summed E-state index contributed by atoms with van der Waals surface area (Å²) in [5.74, 6) is -0.0642. The van der Waals surface area contributed by atoms with Gasteiger partial charge in [-0.2, -0.15) is 0 Å². The minimum atomic E-state index is -0.288. The van der Waals surface area contributed by atoms with Gasteiger partial charge in [-0.05, 0) is 37.1 Å². The second-order valence-electron chi connectivity index (χ2n) is 5.18. The second-order valence-corrected chi connectivity index (χ2v) is 6.03. The summed E-state index contributed by atoms with van der Waals surface area (Å²) in [6, 6.07) is 4.48. The number of halogens is 2. The summed E-state index contributed by atoms with van der Waals surface area (Å²) in [7, 11) is 0. The monoisotopic (exact) mass is 313 g/mol. The molecule has 18 heavy (non-hydrogen) atoms. The van der Waals surface area contributed by atoms with Gasteiger partial charge in [-0.3, -0.25) is 4.79 Å². The van der Waals surface area contributed by atoms with Crippen molar-refractivity contribution < 1.29 is 9.18 Å². The number of hydrogen-bond acceptors (Lipinski definition) is 2. The molecule has 0 saturated carbocycles. The number of benzene rings is 1. The van der Waals surface area contributed by atoms with Crippen LogP contribution in [-0.2, 0) is 11.2 Å². The van der Waals surface area contributed by atoms with Crippen LogP contribution >= 0.6 is 15.9 Å². The summed E-state index contributed by atoms with van der Waals surface area (Å²) in [5, 5.41) is 3.27. The maximum absolute atomic E-state index is 13.0. The van der Waals surface area contributed by atoms with Gasteiger partial charge >= 0.3 is 0 Å². The van der Waals surface area contributed by atoms with Gasteiger partial charge in [0.15, 0.2) is 0 Å². The number of carbonyl (C=O) groups is 1. The van der Waals surface area contributed by atoms with Gasteiger partial charge in [0.05, 0.1) is 0 Å². The lowest BCUT2D eigenvalue weighted by atomic mass is 9.77. The van der Waals surface area contributed by atoms with Crippen molar-refractivity contribution in [2.75, 3.05) is 13.1 Å². The molecule has 0 radical (unpaired) electrons. The largest absolute Gasteiger partial charge is 0.316 e. The van der Waals surface area contributed by atoms with Gasteiger partial charge < -0.3 is 5.32 Å². The zero-order valence-electron chi connectivity index (χ0n) is 10.4. The van der Waals surface area contributed by atoms with E-state index in [0.717, 1.165) is 31.5 Å². The van der Waals surface area contributed by atoms with Gasteiger partial charge in [-0.15, -0.1) is 0 Å². The predicted octanol–water partition coefficient (Wildman–Crippen LogP) is 3.09. The molecule has 1 saturated heterocycles. The van der Waals surface area contributed by atoms with Crippen LogP contribution in [0.2, 0.25) is 0 Å². The van der Waals surface area contributed by atoms with Gasteiger partial charge in [0, 0.05) is 22.9 Å². The Morgan fingerprint density at radius 1 is 1.56 bits per heavy atom.